The van der Waals surface area contributed by atoms with Gasteiger partial charge in [-0.3, -0.25) is 4.79 Å². The molecule has 1 aromatic heterocycles. The number of nitrogens with zero attached hydrogens (tertiary/aromatic N) is 4. The van der Waals surface area contributed by atoms with Crippen LogP contribution in [0.25, 0.3) is 11.4 Å². The van der Waals surface area contributed by atoms with E-state index < -0.39 is 0 Å². The largest absolute Gasteiger partial charge is 0.372 e. The summed E-state index contributed by atoms with van der Waals surface area (Å²) in [5, 5.41) is 12.2. The van der Waals surface area contributed by atoms with Crippen LogP contribution in [0, 0.1) is 0 Å². The van der Waals surface area contributed by atoms with E-state index in [4.69, 9.17) is 0 Å². The average Bonchev–Trinajstić information content (AvgIpc) is 3.15. The molecule has 0 saturated carbocycles. The van der Waals surface area contributed by atoms with Crippen LogP contribution in [0.2, 0.25) is 0 Å². The molecular formula is C24H31N5OS. The van der Waals surface area contributed by atoms with Gasteiger partial charge in [-0.05, 0) is 57.5 Å². The van der Waals surface area contributed by atoms with Crippen LogP contribution in [-0.2, 0) is 11.8 Å². The number of aromatic nitrogens is 3. The highest BCUT2D eigenvalue weighted by Gasteiger charge is 2.21. The molecule has 2 atom stereocenters. The topological polar surface area (TPSA) is 63.1 Å². The van der Waals surface area contributed by atoms with Crippen LogP contribution in [0.15, 0.2) is 59.8 Å². The van der Waals surface area contributed by atoms with Gasteiger partial charge in [-0.25, -0.2) is 0 Å². The molecule has 1 N–H and O–H groups in total. The van der Waals surface area contributed by atoms with E-state index in [1.165, 1.54) is 17.4 Å². The second-order valence-corrected chi connectivity index (χ2v) is 8.79. The zero-order valence-corrected chi connectivity index (χ0v) is 19.7. The van der Waals surface area contributed by atoms with Gasteiger partial charge in [0, 0.05) is 31.4 Å². The molecule has 31 heavy (non-hydrogen) atoms. The third-order valence-corrected chi connectivity index (χ3v) is 6.53. The lowest BCUT2D eigenvalue weighted by molar-refractivity contribution is -0.120. The molecule has 0 aliphatic rings. The van der Waals surface area contributed by atoms with E-state index in [9.17, 15) is 4.79 Å². The lowest BCUT2D eigenvalue weighted by Crippen LogP contribution is -2.33. The molecule has 164 valence electrons. The fourth-order valence-corrected chi connectivity index (χ4v) is 4.27. The summed E-state index contributed by atoms with van der Waals surface area (Å²) in [6.07, 6.45) is 0. The van der Waals surface area contributed by atoms with Gasteiger partial charge in [-0.15, -0.1) is 10.2 Å². The second-order valence-electron chi connectivity index (χ2n) is 7.49. The molecule has 2 aromatic carbocycles. The highest BCUT2D eigenvalue weighted by atomic mass is 32.2. The number of benzene rings is 2. The molecule has 1 heterocycles. The van der Waals surface area contributed by atoms with Gasteiger partial charge < -0.3 is 14.8 Å². The first kappa shape index (κ1) is 22.9. The molecule has 3 aromatic rings. The summed E-state index contributed by atoms with van der Waals surface area (Å²) in [6.45, 7) is 10.1. The normalized spacial score (nSPS) is 12.9. The van der Waals surface area contributed by atoms with Gasteiger partial charge in [-0.2, -0.15) is 0 Å². The molecule has 6 nitrogen and oxygen atoms in total. The Bertz CT molecular complexity index is 983. The number of nitrogens with one attached hydrogen (secondary N) is 1. The van der Waals surface area contributed by atoms with E-state index in [1.807, 2.05) is 55.8 Å². The molecule has 7 heteroatoms. The maximum absolute atomic E-state index is 12.7. The first-order chi connectivity index (χ1) is 14.9. The predicted molar refractivity (Wildman–Crippen MR) is 128 cm³/mol. The minimum absolute atomic E-state index is 0.0190. The van der Waals surface area contributed by atoms with Crippen molar-refractivity contribution >= 4 is 23.4 Å². The smallest absolute Gasteiger partial charge is 0.233 e. The predicted octanol–water partition coefficient (Wildman–Crippen LogP) is 4.69. The Kier molecular flexibility index (Phi) is 7.74. The number of hydrogen-bond acceptors (Lipinski definition) is 5. The van der Waals surface area contributed by atoms with Crippen molar-refractivity contribution in [1.82, 2.24) is 20.1 Å². The first-order valence-electron chi connectivity index (χ1n) is 10.7. The Balaban J connectivity index is 1.66. The van der Waals surface area contributed by atoms with E-state index in [0.29, 0.717) is 0 Å². The zero-order valence-electron chi connectivity index (χ0n) is 18.9. The zero-order chi connectivity index (χ0) is 22.4. The molecule has 0 bridgehead atoms. The number of thioether (sulfide) groups is 1. The van der Waals surface area contributed by atoms with Crippen molar-refractivity contribution in [3.8, 4) is 11.4 Å². The minimum Gasteiger partial charge on any atom is -0.372 e. The van der Waals surface area contributed by atoms with Crippen molar-refractivity contribution in [2.75, 3.05) is 18.0 Å². The molecule has 0 spiro atoms. The van der Waals surface area contributed by atoms with Gasteiger partial charge in [0.2, 0.25) is 5.91 Å². The standard InChI is InChI=1S/C24H31N5OS/c1-6-29(7-2)21-15-13-20(14-16-21)22-26-27-24(28(22)5)31-18(4)23(30)25-17(3)19-11-9-8-10-12-19/h8-18H,6-7H2,1-5H3,(H,25,30). The van der Waals surface area contributed by atoms with Gasteiger partial charge in [0.05, 0.1) is 11.3 Å². The summed E-state index contributed by atoms with van der Waals surface area (Å²) in [5.74, 6) is 0.772. The van der Waals surface area contributed by atoms with Crippen molar-refractivity contribution < 1.29 is 4.79 Å². The summed E-state index contributed by atoms with van der Waals surface area (Å²) in [4.78, 5) is 15.0. The Hall–Kier alpha value is -2.80. The maximum atomic E-state index is 12.7. The van der Waals surface area contributed by atoms with Crippen LogP contribution < -0.4 is 10.2 Å². The van der Waals surface area contributed by atoms with Gasteiger partial charge in [0.25, 0.3) is 0 Å². The van der Waals surface area contributed by atoms with Crippen LogP contribution in [-0.4, -0.2) is 39.0 Å². The van der Waals surface area contributed by atoms with Crippen molar-refractivity contribution in [3.63, 3.8) is 0 Å². The molecule has 0 fully saturated rings. The monoisotopic (exact) mass is 437 g/mol. The summed E-state index contributed by atoms with van der Waals surface area (Å²) in [5.41, 5.74) is 3.29. The number of anilines is 1. The van der Waals surface area contributed by atoms with Crippen LogP contribution >= 0.6 is 11.8 Å². The average molecular weight is 438 g/mol. The SMILES string of the molecule is CCN(CC)c1ccc(-c2nnc(SC(C)C(=O)NC(C)c3ccccc3)n2C)cc1. The maximum Gasteiger partial charge on any atom is 0.233 e. The van der Waals surface area contributed by atoms with Gasteiger partial charge in [-0.1, -0.05) is 42.1 Å². The van der Waals surface area contributed by atoms with E-state index in [0.717, 1.165) is 35.2 Å². The Morgan fingerprint density at radius 2 is 1.68 bits per heavy atom. The highest BCUT2D eigenvalue weighted by Crippen LogP contribution is 2.27. The minimum atomic E-state index is -0.285. The molecular weight excluding hydrogens is 406 g/mol. The fourth-order valence-electron chi connectivity index (χ4n) is 3.45. The summed E-state index contributed by atoms with van der Waals surface area (Å²) >= 11 is 1.42. The lowest BCUT2D eigenvalue weighted by atomic mass is 10.1. The van der Waals surface area contributed by atoms with Gasteiger partial charge >= 0.3 is 0 Å². The Labute approximate surface area is 189 Å². The number of hydrogen-bond donors (Lipinski definition) is 1. The first-order valence-corrected chi connectivity index (χ1v) is 11.6. The van der Waals surface area contributed by atoms with Crippen LogP contribution in [0.5, 0.6) is 0 Å². The fraction of sp³-hybridized carbons (Fsp3) is 0.375. The number of carbonyl (C=O) groups is 1. The van der Waals surface area contributed by atoms with Crippen LogP contribution in [0.1, 0.15) is 39.3 Å². The Morgan fingerprint density at radius 1 is 1.03 bits per heavy atom. The number of rotatable bonds is 9. The molecule has 1 amide bonds. The molecule has 0 saturated heterocycles. The van der Waals surface area contributed by atoms with E-state index in [2.05, 4.69) is 58.5 Å². The molecule has 0 radical (unpaired) electrons. The highest BCUT2D eigenvalue weighted by molar-refractivity contribution is 8.00. The van der Waals surface area contributed by atoms with Crippen LogP contribution in [0.3, 0.4) is 0 Å². The third-order valence-electron chi connectivity index (χ3n) is 5.40. The van der Waals surface area contributed by atoms with Crippen molar-refractivity contribution in [1.29, 1.82) is 0 Å². The molecule has 0 aliphatic carbocycles. The van der Waals surface area contributed by atoms with E-state index >= 15 is 0 Å². The number of carbonyl (C=O) groups excluding carboxylic acids is 1. The van der Waals surface area contributed by atoms with E-state index in [1.54, 1.807) is 0 Å². The van der Waals surface area contributed by atoms with Gasteiger partial charge in [0.15, 0.2) is 11.0 Å². The van der Waals surface area contributed by atoms with Crippen molar-refractivity contribution in [2.24, 2.45) is 7.05 Å². The van der Waals surface area contributed by atoms with E-state index in [-0.39, 0.29) is 17.2 Å². The van der Waals surface area contributed by atoms with Crippen LogP contribution in [0.4, 0.5) is 5.69 Å². The Morgan fingerprint density at radius 3 is 2.29 bits per heavy atom. The van der Waals surface area contributed by atoms with Crippen molar-refractivity contribution in [3.05, 3.63) is 60.2 Å². The lowest BCUT2D eigenvalue weighted by Gasteiger charge is -2.21. The van der Waals surface area contributed by atoms with Crippen molar-refractivity contribution in [2.45, 2.75) is 44.1 Å². The molecule has 0 aliphatic heterocycles. The molecule has 3 rings (SSSR count). The quantitative estimate of drug-likeness (QED) is 0.492. The summed E-state index contributed by atoms with van der Waals surface area (Å²) in [7, 11) is 1.94. The second kappa shape index (κ2) is 10.5. The van der Waals surface area contributed by atoms with Gasteiger partial charge in [0.1, 0.15) is 0 Å². The number of amides is 1. The molecule has 2 unspecified atom stereocenters. The summed E-state index contributed by atoms with van der Waals surface area (Å²) < 4.78 is 1.95. The summed E-state index contributed by atoms with van der Waals surface area (Å²) in [6, 6.07) is 18.3. The third kappa shape index (κ3) is 5.47.